The zero-order valence-corrected chi connectivity index (χ0v) is 8.40. The third-order valence-corrected chi connectivity index (χ3v) is 4.37. The molecule has 1 nitrogen and oxygen atoms in total. The SMILES string of the molecule is CC1CC1C(=O)C1CCCCS1. The lowest BCUT2D eigenvalue weighted by atomic mass is 10.1. The molecular formula is C10H16OS. The van der Waals surface area contributed by atoms with Crippen LogP contribution >= 0.6 is 11.8 Å². The molecule has 2 heteroatoms. The van der Waals surface area contributed by atoms with Crippen LogP contribution in [0.3, 0.4) is 0 Å². The van der Waals surface area contributed by atoms with E-state index in [0.29, 0.717) is 22.9 Å². The largest absolute Gasteiger partial charge is 0.298 e. The minimum atomic E-state index is 0.369. The van der Waals surface area contributed by atoms with Gasteiger partial charge in [-0.3, -0.25) is 4.79 Å². The van der Waals surface area contributed by atoms with Crippen molar-refractivity contribution >= 4 is 17.5 Å². The summed E-state index contributed by atoms with van der Waals surface area (Å²) >= 11 is 1.89. The molecule has 0 spiro atoms. The summed E-state index contributed by atoms with van der Waals surface area (Å²) in [5, 5.41) is 0.369. The number of hydrogen-bond donors (Lipinski definition) is 0. The van der Waals surface area contributed by atoms with Crippen molar-refractivity contribution in [2.75, 3.05) is 5.75 Å². The van der Waals surface area contributed by atoms with Gasteiger partial charge in [-0.25, -0.2) is 0 Å². The molecule has 2 aliphatic rings. The van der Waals surface area contributed by atoms with Gasteiger partial charge in [0.05, 0.1) is 5.25 Å². The second-order valence-corrected chi connectivity index (χ2v) is 5.39. The summed E-state index contributed by atoms with van der Waals surface area (Å²) in [6, 6.07) is 0. The number of carbonyl (C=O) groups is 1. The molecule has 0 N–H and O–H groups in total. The Hall–Kier alpha value is 0.0200. The fourth-order valence-electron chi connectivity index (χ4n) is 1.92. The number of thioether (sulfide) groups is 1. The maximum absolute atomic E-state index is 11.7. The van der Waals surface area contributed by atoms with Crippen LogP contribution in [0.15, 0.2) is 0 Å². The average Bonchev–Trinajstić information content (AvgIpc) is 2.83. The van der Waals surface area contributed by atoms with E-state index in [1.165, 1.54) is 18.6 Å². The van der Waals surface area contributed by atoms with E-state index in [4.69, 9.17) is 0 Å². The van der Waals surface area contributed by atoms with Crippen molar-refractivity contribution in [3.05, 3.63) is 0 Å². The van der Waals surface area contributed by atoms with Gasteiger partial charge in [-0.2, -0.15) is 11.8 Å². The summed E-state index contributed by atoms with van der Waals surface area (Å²) in [6.07, 6.45) is 4.89. The predicted octanol–water partition coefficient (Wildman–Crippen LogP) is 2.50. The van der Waals surface area contributed by atoms with Crippen LogP contribution < -0.4 is 0 Å². The molecule has 0 amide bonds. The first-order chi connectivity index (χ1) is 5.79. The third-order valence-electron chi connectivity index (χ3n) is 2.97. The molecule has 2 fully saturated rings. The third kappa shape index (κ3) is 1.68. The molecule has 1 heterocycles. The van der Waals surface area contributed by atoms with Gasteiger partial charge in [-0.15, -0.1) is 0 Å². The van der Waals surface area contributed by atoms with E-state index in [2.05, 4.69) is 6.92 Å². The molecule has 1 saturated carbocycles. The molecule has 1 aliphatic heterocycles. The normalized spacial score (nSPS) is 40.9. The highest BCUT2D eigenvalue weighted by molar-refractivity contribution is 8.00. The summed E-state index contributed by atoms with van der Waals surface area (Å²) in [5.41, 5.74) is 0. The van der Waals surface area contributed by atoms with E-state index in [-0.39, 0.29) is 0 Å². The molecule has 0 aromatic rings. The average molecular weight is 184 g/mol. The topological polar surface area (TPSA) is 17.1 Å². The predicted molar refractivity (Wildman–Crippen MR) is 52.4 cm³/mol. The number of rotatable bonds is 2. The quantitative estimate of drug-likeness (QED) is 0.656. The van der Waals surface area contributed by atoms with Gasteiger partial charge < -0.3 is 0 Å². The Labute approximate surface area is 78.3 Å². The van der Waals surface area contributed by atoms with Gasteiger partial charge in [-0.1, -0.05) is 13.3 Å². The first kappa shape index (κ1) is 8.61. The zero-order chi connectivity index (χ0) is 8.55. The van der Waals surface area contributed by atoms with Gasteiger partial charge in [0.15, 0.2) is 0 Å². The standard InChI is InChI=1S/C10H16OS/c1-7-6-8(7)10(11)9-4-2-3-5-12-9/h7-9H,2-6H2,1H3. The maximum atomic E-state index is 11.7. The van der Waals surface area contributed by atoms with Crippen molar-refractivity contribution < 1.29 is 4.79 Å². The highest BCUT2D eigenvalue weighted by atomic mass is 32.2. The molecule has 1 saturated heterocycles. The Kier molecular flexibility index (Phi) is 2.44. The molecular weight excluding hydrogens is 168 g/mol. The van der Waals surface area contributed by atoms with E-state index in [1.54, 1.807) is 0 Å². The van der Waals surface area contributed by atoms with Crippen molar-refractivity contribution in [3.63, 3.8) is 0 Å². The van der Waals surface area contributed by atoms with Crippen LogP contribution in [0.25, 0.3) is 0 Å². The van der Waals surface area contributed by atoms with Crippen molar-refractivity contribution in [1.29, 1.82) is 0 Å². The molecule has 0 bridgehead atoms. The Morgan fingerprint density at radius 3 is 2.67 bits per heavy atom. The molecule has 3 unspecified atom stereocenters. The van der Waals surface area contributed by atoms with E-state index in [9.17, 15) is 4.79 Å². The second kappa shape index (κ2) is 3.41. The monoisotopic (exact) mass is 184 g/mol. The molecule has 68 valence electrons. The number of hydrogen-bond acceptors (Lipinski definition) is 2. The molecule has 0 aromatic carbocycles. The minimum absolute atomic E-state index is 0.369. The number of ketones is 1. The van der Waals surface area contributed by atoms with Crippen molar-refractivity contribution in [1.82, 2.24) is 0 Å². The highest BCUT2D eigenvalue weighted by Gasteiger charge is 2.42. The number of Topliss-reactive ketones (excluding diaryl/α,β-unsaturated/α-hetero) is 1. The molecule has 3 atom stereocenters. The van der Waals surface area contributed by atoms with Crippen LogP contribution in [0, 0.1) is 11.8 Å². The van der Waals surface area contributed by atoms with E-state index in [0.717, 1.165) is 12.8 Å². The molecule has 1 aliphatic carbocycles. The van der Waals surface area contributed by atoms with Gasteiger partial charge in [0.2, 0.25) is 0 Å². The van der Waals surface area contributed by atoms with Crippen molar-refractivity contribution in [3.8, 4) is 0 Å². The van der Waals surface area contributed by atoms with Gasteiger partial charge in [0, 0.05) is 5.92 Å². The van der Waals surface area contributed by atoms with Crippen LogP contribution in [0.4, 0.5) is 0 Å². The molecule has 0 aromatic heterocycles. The first-order valence-corrected chi connectivity index (χ1v) is 5.99. The summed E-state index contributed by atoms with van der Waals surface area (Å²) < 4.78 is 0. The van der Waals surface area contributed by atoms with Gasteiger partial charge in [-0.05, 0) is 30.9 Å². The lowest BCUT2D eigenvalue weighted by Crippen LogP contribution is -2.22. The van der Waals surface area contributed by atoms with Crippen LogP contribution in [-0.2, 0) is 4.79 Å². The van der Waals surface area contributed by atoms with Gasteiger partial charge in [0.1, 0.15) is 5.78 Å². The Morgan fingerprint density at radius 2 is 2.17 bits per heavy atom. The zero-order valence-electron chi connectivity index (χ0n) is 7.58. The fraction of sp³-hybridized carbons (Fsp3) is 0.900. The van der Waals surface area contributed by atoms with E-state index in [1.807, 2.05) is 11.8 Å². The number of carbonyl (C=O) groups excluding carboxylic acids is 1. The maximum Gasteiger partial charge on any atom is 0.149 e. The Morgan fingerprint density at radius 1 is 1.42 bits per heavy atom. The summed E-state index contributed by atoms with van der Waals surface area (Å²) in [4.78, 5) is 11.7. The van der Waals surface area contributed by atoms with Crippen molar-refractivity contribution in [2.45, 2.75) is 37.9 Å². The lowest BCUT2D eigenvalue weighted by Gasteiger charge is -2.19. The van der Waals surface area contributed by atoms with Gasteiger partial charge >= 0.3 is 0 Å². The molecule has 2 rings (SSSR count). The fourth-order valence-corrected chi connectivity index (χ4v) is 3.25. The highest BCUT2D eigenvalue weighted by Crippen LogP contribution is 2.42. The van der Waals surface area contributed by atoms with E-state index >= 15 is 0 Å². The van der Waals surface area contributed by atoms with Crippen molar-refractivity contribution in [2.24, 2.45) is 11.8 Å². The second-order valence-electron chi connectivity index (χ2n) is 4.08. The molecule has 12 heavy (non-hydrogen) atoms. The van der Waals surface area contributed by atoms with Crippen LogP contribution in [0.1, 0.15) is 32.6 Å². The summed E-state index contributed by atoms with van der Waals surface area (Å²) in [6.45, 7) is 2.19. The minimum Gasteiger partial charge on any atom is -0.298 e. The Balaban J connectivity index is 1.86. The summed E-state index contributed by atoms with van der Waals surface area (Å²) in [5.74, 6) is 2.91. The van der Waals surface area contributed by atoms with Crippen LogP contribution in [0.2, 0.25) is 0 Å². The Bertz CT molecular complexity index is 184. The van der Waals surface area contributed by atoms with Crippen LogP contribution in [-0.4, -0.2) is 16.8 Å². The van der Waals surface area contributed by atoms with Crippen LogP contribution in [0.5, 0.6) is 0 Å². The van der Waals surface area contributed by atoms with Gasteiger partial charge in [0.25, 0.3) is 0 Å². The summed E-state index contributed by atoms with van der Waals surface area (Å²) in [7, 11) is 0. The molecule has 0 radical (unpaired) electrons. The lowest BCUT2D eigenvalue weighted by molar-refractivity contribution is -0.120. The smallest absolute Gasteiger partial charge is 0.149 e. The first-order valence-electron chi connectivity index (χ1n) is 4.94. The van der Waals surface area contributed by atoms with E-state index < -0.39 is 0 Å².